The van der Waals surface area contributed by atoms with Crippen LogP contribution in [-0.2, 0) is 4.79 Å². The van der Waals surface area contributed by atoms with Gasteiger partial charge >= 0.3 is 5.97 Å². The van der Waals surface area contributed by atoms with Crippen molar-refractivity contribution in [2.75, 3.05) is 25.9 Å². The molecule has 1 atom stereocenters. The van der Waals surface area contributed by atoms with Gasteiger partial charge in [-0.25, -0.2) is 0 Å². The van der Waals surface area contributed by atoms with Crippen LogP contribution in [0.4, 0.5) is 0 Å². The summed E-state index contributed by atoms with van der Waals surface area (Å²) in [5.74, 6) is 0.0741. The van der Waals surface area contributed by atoms with E-state index in [4.69, 9.17) is 5.11 Å². The first kappa shape index (κ1) is 10.9. The van der Waals surface area contributed by atoms with Crippen molar-refractivity contribution in [3.8, 4) is 0 Å². The second-order valence-corrected chi connectivity index (χ2v) is 4.95. The van der Waals surface area contributed by atoms with Gasteiger partial charge in [0.05, 0.1) is 6.42 Å². The molecule has 0 spiro atoms. The van der Waals surface area contributed by atoms with Crippen LogP contribution in [0, 0.1) is 0 Å². The Kier molecular flexibility index (Phi) is 4.59. The quantitative estimate of drug-likeness (QED) is 0.747. The van der Waals surface area contributed by atoms with E-state index < -0.39 is 5.97 Å². The van der Waals surface area contributed by atoms with Crippen molar-refractivity contribution in [1.82, 2.24) is 4.90 Å². The Morgan fingerprint density at radius 1 is 1.69 bits per heavy atom. The van der Waals surface area contributed by atoms with Crippen molar-refractivity contribution in [1.29, 1.82) is 0 Å². The van der Waals surface area contributed by atoms with Crippen molar-refractivity contribution >= 4 is 17.7 Å². The summed E-state index contributed by atoms with van der Waals surface area (Å²) in [6.07, 6.45) is 2.79. The predicted molar refractivity (Wildman–Crippen MR) is 55.2 cm³/mol. The molecule has 1 fully saturated rings. The zero-order chi connectivity index (χ0) is 9.68. The number of carboxylic acids is 1. The highest BCUT2D eigenvalue weighted by molar-refractivity contribution is 7.99. The van der Waals surface area contributed by atoms with Crippen molar-refractivity contribution in [3.05, 3.63) is 0 Å². The van der Waals surface area contributed by atoms with Gasteiger partial charge < -0.3 is 10.0 Å². The maximum Gasteiger partial charge on any atom is 0.304 e. The highest BCUT2D eigenvalue weighted by Gasteiger charge is 2.17. The van der Waals surface area contributed by atoms with Gasteiger partial charge in [0.1, 0.15) is 0 Å². The van der Waals surface area contributed by atoms with E-state index in [-0.39, 0.29) is 0 Å². The van der Waals surface area contributed by atoms with E-state index >= 15 is 0 Å². The number of carboxylic acid groups (broad SMARTS) is 1. The van der Waals surface area contributed by atoms with Gasteiger partial charge in [0.15, 0.2) is 0 Å². The number of piperidine rings is 1. The minimum absolute atomic E-state index is 0.297. The minimum Gasteiger partial charge on any atom is -0.481 e. The van der Waals surface area contributed by atoms with Gasteiger partial charge in [-0.05, 0) is 26.4 Å². The topological polar surface area (TPSA) is 40.5 Å². The van der Waals surface area contributed by atoms with Crippen LogP contribution in [0.25, 0.3) is 0 Å². The average molecular weight is 203 g/mol. The third-order valence-electron chi connectivity index (χ3n) is 2.25. The number of aliphatic carboxylic acids is 1. The highest BCUT2D eigenvalue weighted by Crippen LogP contribution is 2.21. The molecule has 1 aliphatic heterocycles. The van der Waals surface area contributed by atoms with Crippen LogP contribution in [0.5, 0.6) is 0 Å². The van der Waals surface area contributed by atoms with Gasteiger partial charge in [-0.1, -0.05) is 0 Å². The zero-order valence-corrected chi connectivity index (χ0v) is 8.85. The number of likely N-dealkylation sites (tertiary alicyclic amines) is 1. The summed E-state index contributed by atoms with van der Waals surface area (Å²) < 4.78 is 0. The fourth-order valence-corrected chi connectivity index (χ4v) is 2.89. The molecule has 0 aromatic heterocycles. The summed E-state index contributed by atoms with van der Waals surface area (Å²) in [5.41, 5.74) is 0. The molecule has 1 heterocycles. The van der Waals surface area contributed by atoms with Crippen LogP contribution < -0.4 is 0 Å². The Morgan fingerprint density at radius 3 is 3.08 bits per heavy atom. The third-order valence-corrected chi connectivity index (χ3v) is 3.55. The van der Waals surface area contributed by atoms with E-state index in [1.807, 2.05) is 0 Å². The van der Waals surface area contributed by atoms with Gasteiger partial charge in [-0.15, -0.1) is 0 Å². The Balaban J connectivity index is 2.10. The monoisotopic (exact) mass is 203 g/mol. The van der Waals surface area contributed by atoms with E-state index in [9.17, 15) is 4.79 Å². The largest absolute Gasteiger partial charge is 0.481 e. The molecule has 1 saturated heterocycles. The molecule has 1 N–H and O–H groups in total. The van der Waals surface area contributed by atoms with Gasteiger partial charge in [0.25, 0.3) is 0 Å². The fraction of sp³-hybridized carbons (Fsp3) is 0.889. The van der Waals surface area contributed by atoms with Gasteiger partial charge in [-0.3, -0.25) is 4.79 Å². The molecule has 0 bridgehead atoms. The molecule has 1 unspecified atom stereocenters. The van der Waals surface area contributed by atoms with E-state index in [1.54, 1.807) is 11.8 Å². The maximum atomic E-state index is 10.3. The normalized spacial score (nSPS) is 24.5. The Bertz CT molecular complexity index is 175. The SMILES string of the molecule is CN1CCCC(SCCC(=O)O)C1. The minimum atomic E-state index is -0.684. The Labute approximate surface area is 83.5 Å². The lowest BCUT2D eigenvalue weighted by molar-refractivity contribution is -0.136. The summed E-state index contributed by atoms with van der Waals surface area (Å²) in [4.78, 5) is 12.6. The van der Waals surface area contributed by atoms with E-state index in [0.717, 1.165) is 12.3 Å². The predicted octanol–water partition coefficient (Wildman–Crippen LogP) is 1.29. The molecule has 0 aromatic carbocycles. The zero-order valence-electron chi connectivity index (χ0n) is 8.03. The summed E-state index contributed by atoms with van der Waals surface area (Å²) in [7, 11) is 2.13. The molecule has 1 aliphatic rings. The van der Waals surface area contributed by atoms with E-state index in [0.29, 0.717) is 11.7 Å². The number of hydrogen-bond acceptors (Lipinski definition) is 3. The Hall–Kier alpha value is -0.220. The maximum absolute atomic E-state index is 10.3. The number of hydrogen-bond donors (Lipinski definition) is 1. The van der Waals surface area contributed by atoms with Crippen molar-refractivity contribution in [2.45, 2.75) is 24.5 Å². The van der Waals surface area contributed by atoms with Crippen molar-refractivity contribution in [3.63, 3.8) is 0 Å². The molecule has 0 aliphatic carbocycles. The second kappa shape index (κ2) is 5.50. The molecule has 0 amide bonds. The lowest BCUT2D eigenvalue weighted by atomic mass is 10.1. The first-order chi connectivity index (χ1) is 6.18. The van der Waals surface area contributed by atoms with Gasteiger partial charge in [-0.2, -0.15) is 11.8 Å². The van der Waals surface area contributed by atoms with E-state index in [2.05, 4.69) is 11.9 Å². The molecule has 1 rings (SSSR count). The molecular weight excluding hydrogens is 186 g/mol. The van der Waals surface area contributed by atoms with Crippen LogP contribution in [0.1, 0.15) is 19.3 Å². The van der Waals surface area contributed by atoms with Crippen molar-refractivity contribution in [2.24, 2.45) is 0 Å². The summed E-state index contributed by atoms with van der Waals surface area (Å²) in [5, 5.41) is 9.12. The number of carbonyl (C=O) groups is 1. The van der Waals surface area contributed by atoms with Crippen LogP contribution in [0.3, 0.4) is 0 Å². The van der Waals surface area contributed by atoms with Crippen LogP contribution in [0.15, 0.2) is 0 Å². The first-order valence-corrected chi connectivity index (χ1v) is 5.75. The number of rotatable bonds is 4. The molecule has 0 radical (unpaired) electrons. The molecule has 13 heavy (non-hydrogen) atoms. The van der Waals surface area contributed by atoms with Crippen LogP contribution in [0.2, 0.25) is 0 Å². The lowest BCUT2D eigenvalue weighted by Gasteiger charge is -2.29. The third kappa shape index (κ3) is 4.52. The molecule has 0 saturated carbocycles. The van der Waals surface area contributed by atoms with Crippen LogP contribution >= 0.6 is 11.8 Å². The van der Waals surface area contributed by atoms with Crippen molar-refractivity contribution < 1.29 is 9.90 Å². The van der Waals surface area contributed by atoms with Crippen LogP contribution in [-0.4, -0.2) is 47.1 Å². The fourth-order valence-electron chi connectivity index (χ4n) is 1.57. The van der Waals surface area contributed by atoms with Gasteiger partial charge in [0.2, 0.25) is 0 Å². The average Bonchev–Trinajstić information content (AvgIpc) is 2.03. The second-order valence-electron chi connectivity index (χ2n) is 3.54. The molecule has 3 nitrogen and oxygen atoms in total. The summed E-state index contributed by atoms with van der Waals surface area (Å²) in [6, 6.07) is 0. The first-order valence-electron chi connectivity index (χ1n) is 4.70. The van der Waals surface area contributed by atoms with E-state index in [1.165, 1.54) is 19.4 Å². The van der Waals surface area contributed by atoms with Gasteiger partial charge in [0, 0.05) is 17.5 Å². The Morgan fingerprint density at radius 2 is 2.46 bits per heavy atom. The summed E-state index contributed by atoms with van der Waals surface area (Å²) in [6.45, 7) is 2.31. The highest BCUT2D eigenvalue weighted by atomic mass is 32.2. The molecule has 76 valence electrons. The smallest absolute Gasteiger partial charge is 0.304 e. The number of thioether (sulfide) groups is 1. The molecular formula is C9H17NO2S. The molecule has 0 aromatic rings. The standard InChI is InChI=1S/C9H17NO2S/c1-10-5-2-3-8(7-10)13-6-4-9(11)12/h8H,2-7H2,1H3,(H,11,12). The molecule has 4 heteroatoms. The lowest BCUT2D eigenvalue weighted by Crippen LogP contribution is -2.33. The summed E-state index contributed by atoms with van der Waals surface area (Å²) >= 11 is 1.81. The number of nitrogens with zero attached hydrogens (tertiary/aromatic N) is 1.